The van der Waals surface area contributed by atoms with E-state index in [2.05, 4.69) is 183 Å². The van der Waals surface area contributed by atoms with Gasteiger partial charge in [-0.15, -0.1) is 0 Å². The predicted octanol–water partition coefficient (Wildman–Crippen LogP) is 13.8. The van der Waals surface area contributed by atoms with Gasteiger partial charge in [-0.3, -0.25) is 0 Å². The van der Waals surface area contributed by atoms with Crippen molar-refractivity contribution in [1.29, 1.82) is 0 Å². The first-order valence-corrected chi connectivity index (χ1v) is 17.2. The predicted molar refractivity (Wildman–Crippen MR) is 212 cm³/mol. The second kappa shape index (κ2) is 12.3. The van der Waals surface area contributed by atoms with Gasteiger partial charge in [0.15, 0.2) is 0 Å². The van der Waals surface area contributed by atoms with Crippen LogP contribution in [0, 0.1) is 13.8 Å². The largest absolute Gasteiger partial charge is 0.456 e. The Hall–Kier alpha value is -6.38. The molecule has 0 atom stereocenters. The molecule has 0 amide bonds. The highest BCUT2D eigenvalue weighted by Gasteiger charge is 2.18. The van der Waals surface area contributed by atoms with Crippen molar-refractivity contribution in [2.24, 2.45) is 0 Å². The van der Waals surface area contributed by atoms with Crippen LogP contribution in [0.4, 0.5) is 17.1 Å². The van der Waals surface area contributed by atoms with Crippen molar-refractivity contribution in [1.82, 2.24) is 0 Å². The summed E-state index contributed by atoms with van der Waals surface area (Å²) in [7, 11) is 0. The second-order valence-corrected chi connectivity index (χ2v) is 13.1. The number of hydrogen-bond acceptors (Lipinski definition) is 2. The first-order chi connectivity index (χ1) is 24.6. The van der Waals surface area contributed by atoms with Crippen LogP contribution in [0.1, 0.15) is 11.1 Å². The van der Waals surface area contributed by atoms with E-state index >= 15 is 0 Å². The van der Waals surface area contributed by atoms with Gasteiger partial charge in [0.25, 0.3) is 0 Å². The molecule has 8 aromatic carbocycles. The Kier molecular flexibility index (Phi) is 7.29. The highest BCUT2D eigenvalue weighted by molar-refractivity contribution is 6.07. The summed E-state index contributed by atoms with van der Waals surface area (Å²) < 4.78 is 6.23. The van der Waals surface area contributed by atoms with Crippen LogP contribution in [-0.2, 0) is 0 Å². The maximum absolute atomic E-state index is 6.23. The number of aryl methyl sites for hydroxylation is 2. The van der Waals surface area contributed by atoms with Crippen molar-refractivity contribution >= 4 is 49.8 Å². The molecule has 1 aromatic heterocycles. The van der Waals surface area contributed by atoms with Gasteiger partial charge in [0.2, 0.25) is 0 Å². The Morgan fingerprint density at radius 2 is 0.920 bits per heavy atom. The highest BCUT2D eigenvalue weighted by atomic mass is 16.3. The molecule has 0 unspecified atom stereocenters. The lowest BCUT2D eigenvalue weighted by molar-refractivity contribution is 0.669. The van der Waals surface area contributed by atoms with Gasteiger partial charge in [0.1, 0.15) is 11.2 Å². The van der Waals surface area contributed by atoms with Gasteiger partial charge in [-0.2, -0.15) is 0 Å². The molecule has 0 aliphatic rings. The number of rotatable bonds is 6. The van der Waals surface area contributed by atoms with Crippen molar-refractivity contribution in [3.05, 3.63) is 187 Å². The lowest BCUT2D eigenvalue weighted by atomic mass is 9.91. The fraction of sp³-hybridized carbons (Fsp3) is 0.0417. The van der Waals surface area contributed by atoms with Gasteiger partial charge in [0.05, 0.1) is 0 Å². The van der Waals surface area contributed by atoms with Crippen LogP contribution in [0.5, 0.6) is 0 Å². The van der Waals surface area contributed by atoms with E-state index in [0.29, 0.717) is 0 Å². The lowest BCUT2D eigenvalue weighted by Gasteiger charge is -2.27. The van der Waals surface area contributed by atoms with E-state index in [0.717, 1.165) is 50.1 Å². The van der Waals surface area contributed by atoms with Crippen molar-refractivity contribution in [3.63, 3.8) is 0 Å². The summed E-state index contributed by atoms with van der Waals surface area (Å²) in [6.45, 7) is 4.27. The Balaban J connectivity index is 1.23. The molecule has 0 spiro atoms. The molecule has 0 N–H and O–H groups in total. The minimum Gasteiger partial charge on any atom is -0.456 e. The van der Waals surface area contributed by atoms with E-state index in [4.69, 9.17) is 4.42 Å². The monoisotopic (exact) mass is 641 g/mol. The first kappa shape index (κ1) is 29.7. The molecule has 0 fully saturated rings. The zero-order chi connectivity index (χ0) is 33.6. The van der Waals surface area contributed by atoms with Crippen molar-refractivity contribution in [2.45, 2.75) is 13.8 Å². The Morgan fingerprint density at radius 3 is 1.64 bits per heavy atom. The Labute approximate surface area is 292 Å². The van der Waals surface area contributed by atoms with Crippen LogP contribution in [0.15, 0.2) is 180 Å². The van der Waals surface area contributed by atoms with E-state index in [9.17, 15) is 0 Å². The fourth-order valence-electron chi connectivity index (χ4n) is 7.20. The minimum absolute atomic E-state index is 0.896. The van der Waals surface area contributed by atoms with E-state index in [-0.39, 0.29) is 0 Å². The molecule has 0 radical (unpaired) electrons. The second-order valence-electron chi connectivity index (χ2n) is 13.1. The van der Waals surface area contributed by atoms with Crippen LogP contribution in [0.25, 0.3) is 66.1 Å². The van der Waals surface area contributed by atoms with Gasteiger partial charge >= 0.3 is 0 Å². The number of fused-ring (bicyclic) bond motifs is 4. The third-order valence-electron chi connectivity index (χ3n) is 9.83. The van der Waals surface area contributed by atoms with Gasteiger partial charge < -0.3 is 9.32 Å². The molecular weight excluding hydrogens is 607 g/mol. The van der Waals surface area contributed by atoms with Crippen LogP contribution >= 0.6 is 0 Å². The molecule has 2 heteroatoms. The number of benzene rings is 8. The minimum atomic E-state index is 0.896. The van der Waals surface area contributed by atoms with Gasteiger partial charge in [-0.25, -0.2) is 0 Å². The summed E-state index contributed by atoms with van der Waals surface area (Å²) in [5.41, 5.74) is 14.7. The average Bonchev–Trinajstić information content (AvgIpc) is 3.54. The van der Waals surface area contributed by atoms with Crippen molar-refractivity contribution in [2.75, 3.05) is 4.90 Å². The molecule has 0 aliphatic carbocycles. The number of para-hydroxylation sites is 1. The summed E-state index contributed by atoms with van der Waals surface area (Å²) in [6.07, 6.45) is 0. The summed E-state index contributed by atoms with van der Waals surface area (Å²) in [6, 6.07) is 63.5. The highest BCUT2D eigenvalue weighted by Crippen LogP contribution is 2.43. The SMILES string of the molecule is Cc1ccc(N(c2ccc(C)cc2)c2ccc(-c3ccc(-c4cccc5ccccc45)cc3)c(-c3ccc4oc5ccccc5c4c3)c2)cc1. The maximum atomic E-state index is 6.23. The smallest absolute Gasteiger partial charge is 0.135 e. The van der Waals surface area contributed by atoms with E-state index in [1.54, 1.807) is 0 Å². The Bertz CT molecular complexity index is 2600. The third-order valence-corrected chi connectivity index (χ3v) is 9.83. The quantitative estimate of drug-likeness (QED) is 0.180. The molecule has 2 nitrogen and oxygen atoms in total. The van der Waals surface area contributed by atoms with Crippen LogP contribution < -0.4 is 4.90 Å². The number of anilines is 3. The van der Waals surface area contributed by atoms with E-state index in [1.807, 2.05) is 12.1 Å². The fourth-order valence-corrected chi connectivity index (χ4v) is 7.20. The van der Waals surface area contributed by atoms with Crippen molar-refractivity contribution < 1.29 is 4.42 Å². The maximum Gasteiger partial charge on any atom is 0.135 e. The first-order valence-electron chi connectivity index (χ1n) is 17.2. The molecule has 9 aromatic rings. The van der Waals surface area contributed by atoms with Crippen molar-refractivity contribution in [3.8, 4) is 33.4 Å². The normalized spacial score (nSPS) is 11.4. The molecule has 0 bridgehead atoms. The molecular formula is C48H35NO. The van der Waals surface area contributed by atoms with E-state index < -0.39 is 0 Å². The van der Waals surface area contributed by atoms with E-state index in [1.165, 1.54) is 44.2 Å². The molecule has 0 saturated carbocycles. The van der Waals surface area contributed by atoms with Gasteiger partial charge in [-0.1, -0.05) is 132 Å². The number of hydrogen-bond donors (Lipinski definition) is 0. The lowest BCUT2D eigenvalue weighted by Crippen LogP contribution is -2.10. The molecule has 0 aliphatic heterocycles. The zero-order valence-electron chi connectivity index (χ0n) is 28.1. The van der Waals surface area contributed by atoms with Gasteiger partial charge in [0, 0.05) is 27.8 Å². The van der Waals surface area contributed by atoms with Crippen LogP contribution in [0.3, 0.4) is 0 Å². The molecule has 0 saturated heterocycles. The summed E-state index contributed by atoms with van der Waals surface area (Å²) >= 11 is 0. The number of furan rings is 1. The zero-order valence-corrected chi connectivity index (χ0v) is 28.1. The summed E-state index contributed by atoms with van der Waals surface area (Å²) in [4.78, 5) is 2.35. The topological polar surface area (TPSA) is 16.4 Å². The molecule has 1 heterocycles. The average molecular weight is 642 g/mol. The molecule has 50 heavy (non-hydrogen) atoms. The summed E-state index contributed by atoms with van der Waals surface area (Å²) in [5, 5.41) is 4.76. The summed E-state index contributed by atoms with van der Waals surface area (Å²) in [5.74, 6) is 0. The standard InChI is InChI=1S/C48H35NO/c1-32-14-23-38(24-15-32)49(39-25-16-33(2)17-26-39)40-27-28-43(36-20-18-35(19-21-36)42-12-7-9-34-8-3-4-10-41(34)42)45(31-40)37-22-29-48-46(30-37)44-11-5-6-13-47(44)50-48/h3-31H,1-2H3. The third kappa shape index (κ3) is 5.32. The van der Waals surface area contributed by atoms with Crippen LogP contribution in [0.2, 0.25) is 0 Å². The van der Waals surface area contributed by atoms with Crippen LogP contribution in [-0.4, -0.2) is 0 Å². The molecule has 9 rings (SSSR count). The molecule has 238 valence electrons. The van der Waals surface area contributed by atoms with Gasteiger partial charge in [-0.05, 0) is 113 Å². The number of nitrogens with zero attached hydrogens (tertiary/aromatic N) is 1. The Morgan fingerprint density at radius 1 is 0.360 bits per heavy atom.